The van der Waals surface area contributed by atoms with Crippen LogP contribution in [0.2, 0.25) is 0 Å². The topological polar surface area (TPSA) is 127 Å². The molecule has 8 nitrogen and oxygen atoms in total. The van der Waals surface area contributed by atoms with Crippen molar-refractivity contribution in [1.29, 1.82) is 0 Å². The van der Waals surface area contributed by atoms with Crippen molar-refractivity contribution in [1.82, 2.24) is 14.5 Å². The minimum atomic E-state index is -2.18. The molecule has 0 aromatic carbocycles. The molecule has 0 aliphatic carbocycles. The molecule has 1 aliphatic heterocycles. The second kappa shape index (κ2) is 5.74. The predicted octanol–water partition coefficient (Wildman–Crippen LogP) is -1.23. The van der Waals surface area contributed by atoms with Gasteiger partial charge in [0, 0.05) is 6.20 Å². The first kappa shape index (κ1) is 16.2. The van der Waals surface area contributed by atoms with Crippen LogP contribution in [0.3, 0.4) is 0 Å². The van der Waals surface area contributed by atoms with E-state index in [4.69, 9.17) is 16.9 Å². The van der Waals surface area contributed by atoms with Crippen molar-refractivity contribution < 1.29 is 24.4 Å². The van der Waals surface area contributed by atoms with Gasteiger partial charge in [0.05, 0.1) is 12.0 Å². The van der Waals surface area contributed by atoms with Gasteiger partial charge in [-0.05, 0) is 17.8 Å². The number of aliphatic hydroxyl groups excluding tert-OH is 2. The van der Waals surface area contributed by atoms with E-state index in [0.717, 1.165) is 17.1 Å². The lowest BCUT2D eigenvalue weighted by Gasteiger charge is -2.26. The van der Waals surface area contributed by atoms with Gasteiger partial charge in [-0.3, -0.25) is 4.57 Å². The maximum absolute atomic E-state index is 14.2. The van der Waals surface area contributed by atoms with E-state index in [-0.39, 0.29) is 16.9 Å². The van der Waals surface area contributed by atoms with E-state index in [0.29, 0.717) is 0 Å². The summed E-state index contributed by atoms with van der Waals surface area (Å²) in [6.07, 6.45) is 3.09. The number of nitrogen functional groups attached to an aromatic ring is 1. The molecule has 3 rings (SSSR count). The number of terminal acetylenes is 1. The summed E-state index contributed by atoms with van der Waals surface area (Å²) in [5.41, 5.74) is 3.50. The zero-order chi connectivity index (χ0) is 17.5. The summed E-state index contributed by atoms with van der Waals surface area (Å²) >= 11 is 0. The lowest BCUT2D eigenvalue weighted by Crippen LogP contribution is -2.45. The van der Waals surface area contributed by atoms with E-state index >= 15 is 0 Å². The molecule has 1 fully saturated rings. The predicted molar refractivity (Wildman–Crippen MR) is 80.5 cm³/mol. The van der Waals surface area contributed by atoms with Crippen molar-refractivity contribution in [3.63, 3.8) is 0 Å². The van der Waals surface area contributed by atoms with Gasteiger partial charge in [0.25, 0.3) is 0 Å². The van der Waals surface area contributed by atoms with E-state index in [1.165, 1.54) is 0 Å². The third-order valence-corrected chi connectivity index (χ3v) is 3.84. The standard InChI is InChI=1S/C15H13FN4O4/c1-2-3-4-15(23)11(22)9(6-21)24-14(15)20-5-8(16)10-12(17)18-7-19-13(10)20/h1,5,7,9,11,14,21-23H,6H2,(H2,17,18,19)/t9-,11-,14-,15-/m1/s1. The maximum atomic E-state index is 14.2. The molecule has 0 spiro atoms. The molecular weight excluding hydrogens is 319 g/mol. The summed E-state index contributed by atoms with van der Waals surface area (Å²) in [6, 6.07) is 0. The summed E-state index contributed by atoms with van der Waals surface area (Å²) < 4.78 is 20.8. The van der Waals surface area contributed by atoms with E-state index < -0.39 is 36.5 Å². The highest BCUT2D eigenvalue weighted by Gasteiger charge is 2.56. The molecule has 1 aliphatic rings. The molecule has 24 heavy (non-hydrogen) atoms. The van der Waals surface area contributed by atoms with Crippen LogP contribution >= 0.6 is 0 Å². The Morgan fingerprint density at radius 1 is 1.50 bits per heavy atom. The molecule has 0 radical (unpaired) electrons. The Labute approximate surface area is 135 Å². The number of hydrogen-bond donors (Lipinski definition) is 4. The van der Waals surface area contributed by atoms with Crippen LogP contribution in [0.25, 0.3) is 11.0 Å². The number of aliphatic hydroxyl groups is 3. The number of nitrogens with zero attached hydrogens (tertiary/aromatic N) is 3. The highest BCUT2D eigenvalue weighted by Crippen LogP contribution is 2.40. The Bertz CT molecular complexity index is 896. The van der Waals surface area contributed by atoms with Gasteiger partial charge in [-0.25, -0.2) is 14.4 Å². The van der Waals surface area contributed by atoms with Gasteiger partial charge in [0.1, 0.15) is 24.4 Å². The summed E-state index contributed by atoms with van der Waals surface area (Å²) in [5.74, 6) is 5.73. The first-order valence-corrected chi connectivity index (χ1v) is 6.85. The average Bonchev–Trinajstić information content (AvgIpc) is 3.02. The fourth-order valence-corrected chi connectivity index (χ4v) is 2.71. The smallest absolute Gasteiger partial charge is 0.200 e. The van der Waals surface area contributed by atoms with Crippen LogP contribution in [0, 0.1) is 30.0 Å². The van der Waals surface area contributed by atoms with Gasteiger partial charge in [0.2, 0.25) is 0 Å². The minimum Gasteiger partial charge on any atom is -0.394 e. The summed E-state index contributed by atoms with van der Waals surface area (Å²) in [5, 5.41) is 30.2. The number of aromatic nitrogens is 3. The molecule has 0 saturated carbocycles. The van der Waals surface area contributed by atoms with Gasteiger partial charge < -0.3 is 25.8 Å². The van der Waals surface area contributed by atoms with Crippen LogP contribution in [-0.4, -0.2) is 54.3 Å². The van der Waals surface area contributed by atoms with E-state index in [9.17, 15) is 19.7 Å². The van der Waals surface area contributed by atoms with E-state index in [1.54, 1.807) is 0 Å². The van der Waals surface area contributed by atoms with Crippen molar-refractivity contribution in [3.05, 3.63) is 18.3 Å². The number of hydrogen-bond acceptors (Lipinski definition) is 7. The fourth-order valence-electron chi connectivity index (χ4n) is 2.71. The molecule has 9 heteroatoms. The largest absolute Gasteiger partial charge is 0.394 e. The minimum absolute atomic E-state index is 0.0386. The monoisotopic (exact) mass is 332 g/mol. The molecule has 3 heterocycles. The Morgan fingerprint density at radius 3 is 2.92 bits per heavy atom. The third kappa shape index (κ3) is 2.19. The highest BCUT2D eigenvalue weighted by molar-refractivity contribution is 5.86. The SMILES string of the molecule is C#CC#C[C@@]1(O)[C@H](O)[C@@H](CO)O[C@H]1n1cc(F)c2c(N)ncnc21. The number of halogens is 1. The average molecular weight is 332 g/mol. The number of rotatable bonds is 2. The van der Waals surface area contributed by atoms with Gasteiger partial charge in [-0.15, -0.1) is 6.42 Å². The molecule has 2 aromatic heterocycles. The van der Waals surface area contributed by atoms with Crippen LogP contribution < -0.4 is 5.73 Å². The second-order valence-electron chi connectivity index (χ2n) is 5.22. The van der Waals surface area contributed by atoms with Gasteiger partial charge in [-0.1, -0.05) is 0 Å². The fraction of sp³-hybridized carbons (Fsp3) is 0.333. The molecular formula is C15H13FN4O4. The second-order valence-corrected chi connectivity index (χ2v) is 5.22. The zero-order valence-electron chi connectivity index (χ0n) is 12.2. The van der Waals surface area contributed by atoms with Crippen LogP contribution in [0.15, 0.2) is 12.5 Å². The van der Waals surface area contributed by atoms with Crippen LogP contribution in [0.5, 0.6) is 0 Å². The van der Waals surface area contributed by atoms with Crippen LogP contribution in [0.4, 0.5) is 10.2 Å². The summed E-state index contributed by atoms with van der Waals surface area (Å²) in [6.45, 7) is -0.587. The van der Waals surface area contributed by atoms with E-state index in [1.807, 2.05) is 5.92 Å². The van der Waals surface area contributed by atoms with Crippen molar-refractivity contribution in [2.24, 2.45) is 0 Å². The molecule has 0 bridgehead atoms. The summed E-state index contributed by atoms with van der Waals surface area (Å²) in [4.78, 5) is 7.64. The lowest BCUT2D eigenvalue weighted by atomic mass is 9.94. The van der Waals surface area contributed by atoms with Crippen molar-refractivity contribution in [2.75, 3.05) is 12.3 Å². The first-order valence-electron chi connectivity index (χ1n) is 6.85. The Hall–Kier alpha value is -2.69. The molecule has 5 N–H and O–H groups in total. The van der Waals surface area contributed by atoms with Gasteiger partial charge in [-0.2, -0.15) is 0 Å². The first-order chi connectivity index (χ1) is 11.4. The molecule has 124 valence electrons. The molecule has 1 saturated heterocycles. The molecule has 2 aromatic rings. The quantitative estimate of drug-likeness (QED) is 0.507. The van der Waals surface area contributed by atoms with Crippen molar-refractivity contribution in [2.45, 2.75) is 24.0 Å². The number of nitrogens with two attached hydrogens (primary N) is 1. The normalized spacial score (nSPS) is 29.2. The third-order valence-electron chi connectivity index (χ3n) is 3.84. The van der Waals surface area contributed by atoms with E-state index in [2.05, 4.69) is 21.8 Å². The highest BCUT2D eigenvalue weighted by atomic mass is 19.1. The van der Waals surface area contributed by atoms with Gasteiger partial charge in [0.15, 0.2) is 23.3 Å². The Morgan fingerprint density at radius 2 is 2.25 bits per heavy atom. The molecule has 0 unspecified atom stereocenters. The Balaban J connectivity index is 2.21. The zero-order valence-corrected chi connectivity index (χ0v) is 12.2. The van der Waals surface area contributed by atoms with Crippen molar-refractivity contribution in [3.8, 4) is 24.2 Å². The lowest BCUT2D eigenvalue weighted by molar-refractivity contribution is -0.0721. The molecule has 0 amide bonds. The Kier molecular flexibility index (Phi) is 3.87. The molecule has 4 atom stereocenters. The number of fused-ring (bicyclic) bond motifs is 1. The van der Waals surface area contributed by atoms with Crippen molar-refractivity contribution >= 4 is 16.9 Å². The van der Waals surface area contributed by atoms with Gasteiger partial charge >= 0.3 is 0 Å². The van der Waals surface area contributed by atoms with Crippen LogP contribution in [-0.2, 0) is 4.74 Å². The number of anilines is 1. The summed E-state index contributed by atoms with van der Waals surface area (Å²) in [7, 11) is 0. The van der Waals surface area contributed by atoms with Crippen LogP contribution in [0.1, 0.15) is 6.23 Å². The number of ether oxygens (including phenoxy) is 1. The maximum Gasteiger partial charge on any atom is 0.200 e.